The highest BCUT2D eigenvalue weighted by Gasteiger charge is 2.15. The lowest BCUT2D eigenvalue weighted by molar-refractivity contribution is -0.150. The van der Waals surface area contributed by atoms with Gasteiger partial charge in [-0.15, -0.1) is 0 Å². The first-order valence-corrected chi connectivity index (χ1v) is 22.5. The van der Waals surface area contributed by atoms with Crippen molar-refractivity contribution >= 4 is 11.9 Å². The molecule has 0 unspecified atom stereocenters. The zero-order valence-corrected chi connectivity index (χ0v) is 34.9. The van der Waals surface area contributed by atoms with Crippen LogP contribution in [0.2, 0.25) is 0 Å². The van der Waals surface area contributed by atoms with E-state index in [1.54, 1.807) is 0 Å². The number of esters is 2. The van der Waals surface area contributed by atoms with Gasteiger partial charge in [-0.3, -0.25) is 9.59 Å². The van der Waals surface area contributed by atoms with Crippen molar-refractivity contribution in [3.8, 4) is 0 Å². The number of ether oxygens (including phenoxy) is 2. The number of hydrogen-bond acceptors (Lipinski definition) is 8. The van der Waals surface area contributed by atoms with Crippen molar-refractivity contribution in [2.75, 3.05) is 59.1 Å². The van der Waals surface area contributed by atoms with Crippen LogP contribution in [0.4, 0.5) is 0 Å². The average molecular weight is 741 g/mol. The van der Waals surface area contributed by atoms with Crippen LogP contribution in [-0.2, 0) is 19.1 Å². The number of rotatable bonds is 42. The third-order valence-corrected chi connectivity index (χ3v) is 10.3. The van der Waals surface area contributed by atoms with E-state index in [0.29, 0.717) is 32.5 Å². The Labute approximate surface area is 322 Å². The second-order valence-corrected chi connectivity index (χ2v) is 15.3. The van der Waals surface area contributed by atoms with Gasteiger partial charge in [-0.1, -0.05) is 136 Å². The molecule has 0 spiro atoms. The summed E-state index contributed by atoms with van der Waals surface area (Å²) in [5.74, 6) is -0.148. The highest BCUT2D eigenvalue weighted by molar-refractivity contribution is 5.69. The number of hydrogen-bond donors (Lipinski definition) is 2. The highest BCUT2D eigenvalue weighted by Crippen LogP contribution is 2.18. The molecule has 52 heavy (non-hydrogen) atoms. The van der Waals surface area contributed by atoms with E-state index in [0.717, 1.165) is 96.8 Å². The van der Waals surface area contributed by atoms with Crippen molar-refractivity contribution in [3.05, 3.63) is 0 Å². The van der Waals surface area contributed by atoms with E-state index in [1.807, 2.05) is 0 Å². The van der Waals surface area contributed by atoms with Gasteiger partial charge >= 0.3 is 11.9 Å². The Morgan fingerprint density at radius 1 is 0.442 bits per heavy atom. The van der Waals surface area contributed by atoms with Crippen molar-refractivity contribution in [3.63, 3.8) is 0 Å². The van der Waals surface area contributed by atoms with Gasteiger partial charge in [0.2, 0.25) is 0 Å². The molecule has 0 atom stereocenters. The molecule has 0 aliphatic heterocycles. The zero-order chi connectivity index (χ0) is 38.2. The Morgan fingerprint density at radius 3 is 1.35 bits per heavy atom. The van der Waals surface area contributed by atoms with E-state index in [9.17, 15) is 19.8 Å². The van der Waals surface area contributed by atoms with E-state index in [1.165, 1.54) is 103 Å². The summed E-state index contributed by atoms with van der Waals surface area (Å²) < 4.78 is 11.5. The third kappa shape index (κ3) is 35.8. The fraction of sp³-hybridized carbons (Fsp3) is 0.955. The molecule has 0 aromatic rings. The van der Waals surface area contributed by atoms with E-state index < -0.39 is 0 Å². The van der Waals surface area contributed by atoms with Gasteiger partial charge in [-0.2, -0.15) is 0 Å². The standard InChI is InChI=1S/C44H88N2O6/c1-4-7-10-13-16-17-20-26-41-51-43(49)32-27-34-46(38-40-48)36-28-35-45(37-39-47)33-25-21-24-31-44(50)52-42(29-22-18-14-11-8-5-2)30-23-19-15-12-9-6-3/h42,47-48H,4-41H2,1-3H3. The summed E-state index contributed by atoms with van der Waals surface area (Å²) in [6.45, 7) is 12.1. The molecule has 0 saturated heterocycles. The van der Waals surface area contributed by atoms with Crippen LogP contribution < -0.4 is 0 Å². The van der Waals surface area contributed by atoms with Gasteiger partial charge < -0.3 is 29.5 Å². The van der Waals surface area contributed by atoms with Gasteiger partial charge in [0, 0.05) is 25.9 Å². The molecule has 0 rings (SSSR count). The Morgan fingerprint density at radius 2 is 0.846 bits per heavy atom. The molecule has 310 valence electrons. The van der Waals surface area contributed by atoms with Crippen LogP contribution in [0.15, 0.2) is 0 Å². The van der Waals surface area contributed by atoms with E-state index >= 15 is 0 Å². The first-order chi connectivity index (χ1) is 25.5. The molecule has 8 heteroatoms. The number of aliphatic hydroxyl groups is 2. The summed E-state index contributed by atoms with van der Waals surface area (Å²) in [6, 6.07) is 0. The minimum atomic E-state index is -0.115. The molecule has 0 aliphatic rings. The molecule has 2 N–H and O–H groups in total. The average Bonchev–Trinajstić information content (AvgIpc) is 3.13. The molecule has 8 nitrogen and oxygen atoms in total. The van der Waals surface area contributed by atoms with E-state index in [-0.39, 0.29) is 31.3 Å². The fourth-order valence-corrected chi connectivity index (χ4v) is 7.01. The summed E-state index contributed by atoms with van der Waals surface area (Å²) in [6.07, 6.45) is 32.5. The van der Waals surface area contributed by atoms with Crippen LogP contribution in [0, 0.1) is 0 Å². The van der Waals surface area contributed by atoms with Gasteiger partial charge in [0.15, 0.2) is 0 Å². The molecule has 0 amide bonds. The van der Waals surface area contributed by atoms with Gasteiger partial charge in [-0.25, -0.2) is 0 Å². The Hall–Kier alpha value is -1.22. The first-order valence-electron chi connectivity index (χ1n) is 22.5. The van der Waals surface area contributed by atoms with Crippen molar-refractivity contribution in [1.29, 1.82) is 0 Å². The topological polar surface area (TPSA) is 99.5 Å². The quantitative estimate of drug-likeness (QED) is 0.0471. The van der Waals surface area contributed by atoms with Crippen LogP contribution >= 0.6 is 0 Å². The number of carbonyl (C=O) groups is 2. The van der Waals surface area contributed by atoms with Gasteiger partial charge in [-0.05, 0) is 84.0 Å². The maximum atomic E-state index is 12.8. The fourth-order valence-electron chi connectivity index (χ4n) is 7.01. The summed E-state index contributed by atoms with van der Waals surface area (Å²) in [5.41, 5.74) is 0. The first kappa shape index (κ1) is 50.8. The van der Waals surface area contributed by atoms with E-state index in [4.69, 9.17) is 9.47 Å². The largest absolute Gasteiger partial charge is 0.466 e. The lowest BCUT2D eigenvalue weighted by Gasteiger charge is -2.25. The molecule has 0 aromatic carbocycles. The number of carbonyl (C=O) groups excluding carboxylic acids is 2. The van der Waals surface area contributed by atoms with Crippen molar-refractivity contribution in [2.45, 2.75) is 213 Å². The predicted octanol–water partition coefficient (Wildman–Crippen LogP) is 10.4. The van der Waals surface area contributed by atoms with Crippen LogP contribution in [-0.4, -0.2) is 97.1 Å². The summed E-state index contributed by atoms with van der Waals surface area (Å²) in [4.78, 5) is 29.5. The van der Waals surface area contributed by atoms with Crippen molar-refractivity contribution in [1.82, 2.24) is 9.80 Å². The van der Waals surface area contributed by atoms with Crippen LogP contribution in [0.3, 0.4) is 0 Å². The van der Waals surface area contributed by atoms with Crippen molar-refractivity contribution < 1.29 is 29.3 Å². The van der Waals surface area contributed by atoms with Crippen LogP contribution in [0.1, 0.15) is 207 Å². The molecule has 0 saturated carbocycles. The van der Waals surface area contributed by atoms with Crippen molar-refractivity contribution in [2.24, 2.45) is 0 Å². The normalized spacial score (nSPS) is 11.7. The van der Waals surface area contributed by atoms with Gasteiger partial charge in [0.1, 0.15) is 6.10 Å². The minimum absolute atomic E-state index is 0.0325. The second-order valence-electron chi connectivity index (χ2n) is 15.3. The highest BCUT2D eigenvalue weighted by atomic mass is 16.5. The molecule has 0 radical (unpaired) electrons. The second kappa shape index (κ2) is 41.0. The van der Waals surface area contributed by atoms with Crippen LogP contribution in [0.5, 0.6) is 0 Å². The maximum absolute atomic E-state index is 12.8. The lowest BCUT2D eigenvalue weighted by Crippen LogP contribution is -2.34. The molecular weight excluding hydrogens is 652 g/mol. The number of nitrogens with zero attached hydrogens (tertiary/aromatic N) is 2. The van der Waals surface area contributed by atoms with Crippen LogP contribution in [0.25, 0.3) is 0 Å². The van der Waals surface area contributed by atoms with Gasteiger partial charge in [0.25, 0.3) is 0 Å². The lowest BCUT2D eigenvalue weighted by atomic mass is 10.0. The molecule has 0 bridgehead atoms. The Kier molecular flexibility index (Phi) is 40.0. The molecule has 0 fully saturated rings. The summed E-state index contributed by atoms with van der Waals surface area (Å²) in [7, 11) is 0. The molecule has 0 aromatic heterocycles. The molecule has 0 heterocycles. The smallest absolute Gasteiger partial charge is 0.306 e. The third-order valence-electron chi connectivity index (χ3n) is 10.3. The predicted molar refractivity (Wildman–Crippen MR) is 219 cm³/mol. The molecule has 0 aliphatic carbocycles. The monoisotopic (exact) mass is 741 g/mol. The Bertz CT molecular complexity index is 738. The van der Waals surface area contributed by atoms with Gasteiger partial charge in [0.05, 0.1) is 19.8 Å². The maximum Gasteiger partial charge on any atom is 0.306 e. The summed E-state index contributed by atoms with van der Waals surface area (Å²) >= 11 is 0. The number of unbranched alkanes of at least 4 members (excludes halogenated alkanes) is 19. The zero-order valence-electron chi connectivity index (χ0n) is 34.9. The number of aliphatic hydroxyl groups excluding tert-OH is 2. The minimum Gasteiger partial charge on any atom is -0.466 e. The SMILES string of the molecule is CCCCCCCCCCOC(=O)CCCN(CCO)CCCN(CCO)CCCCCC(=O)OC(CCCCCCCC)CCCCCCCC. The van der Waals surface area contributed by atoms with E-state index in [2.05, 4.69) is 30.6 Å². The molecular formula is C44H88N2O6. The Balaban J connectivity index is 4.28. The summed E-state index contributed by atoms with van der Waals surface area (Å²) in [5, 5.41) is 19.2.